The van der Waals surface area contributed by atoms with Crippen LogP contribution in [0.15, 0.2) is 0 Å². The number of hydrogen-bond donors (Lipinski definition) is 0. The Morgan fingerprint density at radius 3 is 0.658 bits per heavy atom. The molecule has 0 aliphatic carbocycles. The van der Waals surface area contributed by atoms with Crippen LogP contribution in [0.5, 0.6) is 0 Å². The highest BCUT2D eigenvalue weighted by atomic mass is 16.6. The second-order valence-corrected chi connectivity index (χ2v) is 26.2. The minimum atomic E-state index is -0.766. The Morgan fingerprint density at radius 2 is 0.443 bits per heavy atom. The van der Waals surface area contributed by atoms with Gasteiger partial charge in [0, 0.05) is 19.3 Å². The Hall–Kier alpha value is -1.59. The average Bonchev–Trinajstić information content (AvgIpc) is 3.44. The molecule has 0 saturated heterocycles. The van der Waals surface area contributed by atoms with Crippen molar-refractivity contribution in [2.45, 2.75) is 420 Å². The predicted octanol–water partition coefficient (Wildman–Crippen LogP) is 24.6. The summed E-state index contributed by atoms with van der Waals surface area (Å²) in [5, 5.41) is 0. The van der Waals surface area contributed by atoms with Gasteiger partial charge in [0.25, 0.3) is 0 Å². The summed E-state index contributed by atoms with van der Waals surface area (Å²) in [5.74, 6) is 1.84. The van der Waals surface area contributed by atoms with Crippen molar-refractivity contribution in [3.05, 3.63) is 0 Å². The van der Waals surface area contributed by atoms with Gasteiger partial charge in [-0.15, -0.1) is 0 Å². The van der Waals surface area contributed by atoms with Crippen LogP contribution in [0.2, 0.25) is 0 Å². The predicted molar refractivity (Wildman–Crippen MR) is 344 cm³/mol. The first-order valence-corrected chi connectivity index (χ1v) is 36.2. The van der Waals surface area contributed by atoms with Crippen molar-refractivity contribution in [1.82, 2.24) is 0 Å². The fraction of sp³-hybridized carbons (Fsp3) is 0.959. The molecule has 0 aromatic heterocycles. The molecule has 2 unspecified atom stereocenters. The quantitative estimate of drug-likeness (QED) is 0.0343. The van der Waals surface area contributed by atoms with Gasteiger partial charge in [-0.2, -0.15) is 0 Å². The van der Waals surface area contributed by atoms with E-state index in [1.54, 1.807) is 0 Å². The standard InChI is InChI=1S/C73H142O6/c1-7-68(5)60-54-48-42-36-30-24-18-14-10-12-16-20-28-34-40-46-52-58-64-73(76)79-70(66-78-72(75)63-57-51-45-39-33-27-22-21-25-31-37-43-49-55-61-69(6)8-2)65-77-71(74)62-56-50-44-38-32-26-19-15-11-9-13-17-23-29-35-41-47-53-59-67(3)4/h67-70H,7-66H2,1-6H3/t68?,69?,70-/m1/s1. The zero-order valence-electron chi connectivity index (χ0n) is 54.7. The molecule has 6 heteroatoms. The highest BCUT2D eigenvalue weighted by molar-refractivity contribution is 5.71. The smallest absolute Gasteiger partial charge is 0.306 e. The van der Waals surface area contributed by atoms with E-state index < -0.39 is 6.10 Å². The van der Waals surface area contributed by atoms with E-state index in [0.29, 0.717) is 19.3 Å². The van der Waals surface area contributed by atoms with Crippen molar-refractivity contribution in [3.63, 3.8) is 0 Å². The highest BCUT2D eigenvalue weighted by Gasteiger charge is 2.20. The first-order valence-electron chi connectivity index (χ1n) is 36.2. The van der Waals surface area contributed by atoms with Gasteiger partial charge in [0.2, 0.25) is 0 Å². The van der Waals surface area contributed by atoms with Crippen LogP contribution in [-0.4, -0.2) is 37.2 Å². The normalized spacial score (nSPS) is 12.8. The number of esters is 3. The number of carbonyl (C=O) groups is 3. The van der Waals surface area contributed by atoms with E-state index in [9.17, 15) is 14.4 Å². The van der Waals surface area contributed by atoms with E-state index in [1.165, 1.54) is 295 Å². The molecule has 0 fully saturated rings. The van der Waals surface area contributed by atoms with Crippen molar-refractivity contribution < 1.29 is 28.6 Å². The first-order chi connectivity index (χ1) is 38.7. The van der Waals surface area contributed by atoms with Gasteiger partial charge in [-0.05, 0) is 37.0 Å². The van der Waals surface area contributed by atoms with Crippen LogP contribution >= 0.6 is 0 Å². The van der Waals surface area contributed by atoms with Crippen molar-refractivity contribution in [2.75, 3.05) is 13.2 Å². The summed E-state index contributed by atoms with van der Waals surface area (Å²) in [7, 11) is 0. The van der Waals surface area contributed by atoms with Crippen molar-refractivity contribution in [3.8, 4) is 0 Å². The van der Waals surface area contributed by atoms with E-state index in [2.05, 4.69) is 41.5 Å². The third-order valence-electron chi connectivity index (χ3n) is 17.6. The zero-order valence-corrected chi connectivity index (χ0v) is 54.7. The molecule has 0 aliphatic rings. The zero-order chi connectivity index (χ0) is 57.6. The molecule has 0 rings (SSSR count). The van der Waals surface area contributed by atoms with Crippen molar-refractivity contribution in [2.24, 2.45) is 17.8 Å². The number of hydrogen-bond acceptors (Lipinski definition) is 6. The lowest BCUT2D eigenvalue weighted by molar-refractivity contribution is -0.167. The lowest BCUT2D eigenvalue weighted by Gasteiger charge is -2.18. The summed E-state index contributed by atoms with van der Waals surface area (Å²) in [6, 6.07) is 0. The van der Waals surface area contributed by atoms with Gasteiger partial charge in [-0.25, -0.2) is 0 Å². The fourth-order valence-electron chi connectivity index (χ4n) is 11.4. The van der Waals surface area contributed by atoms with Crippen LogP contribution in [0.3, 0.4) is 0 Å². The monoisotopic (exact) mass is 1120 g/mol. The van der Waals surface area contributed by atoms with Gasteiger partial charge < -0.3 is 14.2 Å². The average molecular weight is 1120 g/mol. The van der Waals surface area contributed by atoms with E-state index in [-0.39, 0.29) is 31.1 Å². The second kappa shape index (κ2) is 64.0. The lowest BCUT2D eigenvalue weighted by Crippen LogP contribution is -2.30. The Morgan fingerprint density at radius 1 is 0.253 bits per heavy atom. The molecule has 0 radical (unpaired) electrons. The maximum absolute atomic E-state index is 13.0. The number of rotatable bonds is 66. The van der Waals surface area contributed by atoms with E-state index in [0.717, 1.165) is 75.5 Å². The van der Waals surface area contributed by atoms with Crippen LogP contribution in [0.1, 0.15) is 414 Å². The topological polar surface area (TPSA) is 78.9 Å². The molecule has 0 aromatic carbocycles. The SMILES string of the molecule is CCC(C)CCCCCCCCCCCCCCCCCCCCC(=O)O[C@H](COC(=O)CCCCCCCCCCCCCCCCCCCCC(C)C)COC(=O)CCCCCCCCCCCCCCCCC(C)CC. The van der Waals surface area contributed by atoms with E-state index >= 15 is 0 Å². The largest absolute Gasteiger partial charge is 0.462 e. The van der Waals surface area contributed by atoms with E-state index in [1.807, 2.05) is 0 Å². The number of carbonyl (C=O) groups excluding carboxylic acids is 3. The first kappa shape index (κ1) is 77.4. The Labute approximate surface area is 495 Å². The number of ether oxygens (including phenoxy) is 3. The molecule has 3 atom stereocenters. The minimum absolute atomic E-state index is 0.0616. The van der Waals surface area contributed by atoms with Crippen LogP contribution in [0.25, 0.3) is 0 Å². The highest BCUT2D eigenvalue weighted by Crippen LogP contribution is 2.21. The van der Waals surface area contributed by atoms with Gasteiger partial charge in [-0.3, -0.25) is 14.4 Å². The molecule has 0 spiro atoms. The molecular formula is C73H142O6. The van der Waals surface area contributed by atoms with Crippen LogP contribution in [0.4, 0.5) is 0 Å². The Bertz CT molecular complexity index is 1230. The molecule has 470 valence electrons. The molecule has 0 heterocycles. The second-order valence-electron chi connectivity index (χ2n) is 26.2. The molecule has 0 bridgehead atoms. The van der Waals surface area contributed by atoms with Crippen LogP contribution in [0, 0.1) is 17.8 Å². The minimum Gasteiger partial charge on any atom is -0.462 e. The summed E-state index contributed by atoms with van der Waals surface area (Å²) in [6.07, 6.45) is 72.5. The molecular weight excluding hydrogens is 973 g/mol. The summed E-state index contributed by atoms with van der Waals surface area (Å²) in [5.41, 5.74) is 0. The molecule has 0 amide bonds. The van der Waals surface area contributed by atoms with Gasteiger partial charge in [0.05, 0.1) is 0 Å². The fourth-order valence-corrected chi connectivity index (χ4v) is 11.4. The maximum Gasteiger partial charge on any atom is 0.306 e. The third kappa shape index (κ3) is 63.8. The summed E-state index contributed by atoms with van der Waals surface area (Å²) < 4.78 is 17.0. The molecule has 0 saturated carbocycles. The molecule has 6 nitrogen and oxygen atoms in total. The van der Waals surface area contributed by atoms with Crippen molar-refractivity contribution >= 4 is 17.9 Å². The van der Waals surface area contributed by atoms with Crippen LogP contribution < -0.4 is 0 Å². The third-order valence-corrected chi connectivity index (χ3v) is 17.6. The molecule has 0 N–H and O–H groups in total. The Balaban J connectivity index is 4.28. The summed E-state index contributed by atoms with van der Waals surface area (Å²) in [6.45, 7) is 13.9. The molecule has 0 aliphatic heterocycles. The summed E-state index contributed by atoms with van der Waals surface area (Å²) in [4.78, 5) is 38.5. The molecule has 79 heavy (non-hydrogen) atoms. The van der Waals surface area contributed by atoms with Crippen LogP contribution in [-0.2, 0) is 28.6 Å². The van der Waals surface area contributed by atoms with Gasteiger partial charge in [0.1, 0.15) is 13.2 Å². The van der Waals surface area contributed by atoms with Gasteiger partial charge >= 0.3 is 17.9 Å². The van der Waals surface area contributed by atoms with Crippen molar-refractivity contribution in [1.29, 1.82) is 0 Å². The van der Waals surface area contributed by atoms with E-state index in [4.69, 9.17) is 14.2 Å². The lowest BCUT2D eigenvalue weighted by atomic mass is 9.99. The van der Waals surface area contributed by atoms with Gasteiger partial charge in [0.15, 0.2) is 6.10 Å². The molecule has 0 aromatic rings. The maximum atomic E-state index is 13.0. The summed E-state index contributed by atoms with van der Waals surface area (Å²) >= 11 is 0. The Kier molecular flexibility index (Phi) is 62.7. The number of unbranched alkanes of at least 4 members (excludes halogenated alkanes) is 47. The van der Waals surface area contributed by atoms with Gasteiger partial charge in [-0.1, -0.05) is 375 Å².